The number of aromatic nitrogens is 3. The summed E-state index contributed by atoms with van der Waals surface area (Å²) in [6.45, 7) is 10.7. The Morgan fingerprint density at radius 3 is 2.79 bits per heavy atom. The molecular weight excluding hydrogens is 366 g/mol. The molecule has 0 spiro atoms. The summed E-state index contributed by atoms with van der Waals surface area (Å²) < 4.78 is 1.95. The van der Waals surface area contributed by atoms with Crippen molar-refractivity contribution in [3.63, 3.8) is 0 Å². The number of nitrogens with zero attached hydrogens (tertiary/aromatic N) is 5. The number of imidazole rings is 1. The van der Waals surface area contributed by atoms with Gasteiger partial charge in [0.05, 0.1) is 6.54 Å². The van der Waals surface area contributed by atoms with Gasteiger partial charge in [0, 0.05) is 50.2 Å². The molecule has 1 amide bonds. The van der Waals surface area contributed by atoms with Crippen LogP contribution in [0.25, 0.3) is 5.82 Å². The van der Waals surface area contributed by atoms with Crippen LogP contribution < -0.4 is 10.6 Å². The van der Waals surface area contributed by atoms with E-state index in [1.807, 2.05) is 61.7 Å². The Balaban J connectivity index is 1.59. The highest BCUT2D eigenvalue weighted by Gasteiger charge is 2.27. The van der Waals surface area contributed by atoms with E-state index in [0.29, 0.717) is 6.54 Å². The molecule has 3 rings (SSSR count). The van der Waals surface area contributed by atoms with E-state index in [-0.39, 0.29) is 17.9 Å². The van der Waals surface area contributed by atoms with Crippen LogP contribution in [0.2, 0.25) is 0 Å². The third kappa shape index (κ3) is 5.34. The van der Waals surface area contributed by atoms with Gasteiger partial charge in [0.15, 0.2) is 5.96 Å². The molecule has 1 saturated heterocycles. The molecule has 1 unspecified atom stereocenters. The number of carbonyl (C=O) groups excluding carboxylic acids is 1. The molecule has 8 nitrogen and oxygen atoms in total. The number of carbonyl (C=O) groups is 1. The zero-order chi connectivity index (χ0) is 20.8. The van der Waals surface area contributed by atoms with Crippen LogP contribution >= 0.6 is 0 Å². The molecule has 2 aromatic heterocycles. The molecule has 3 heterocycles. The summed E-state index contributed by atoms with van der Waals surface area (Å²) >= 11 is 0. The first-order valence-electron chi connectivity index (χ1n) is 10.3. The van der Waals surface area contributed by atoms with Gasteiger partial charge in [-0.2, -0.15) is 0 Å². The SMILES string of the molecule is CCNC(=NCc1ccc(-n2ccnc2C)nc1)NC1CCN(C(=O)C(C)C)C1. The van der Waals surface area contributed by atoms with Gasteiger partial charge in [-0.25, -0.2) is 15.0 Å². The van der Waals surface area contributed by atoms with Crippen LogP contribution in [0.5, 0.6) is 0 Å². The van der Waals surface area contributed by atoms with Crippen LogP contribution in [-0.2, 0) is 11.3 Å². The summed E-state index contributed by atoms with van der Waals surface area (Å²) in [5.41, 5.74) is 1.03. The Hall–Kier alpha value is -2.90. The molecule has 1 aliphatic rings. The minimum Gasteiger partial charge on any atom is -0.357 e. The highest BCUT2D eigenvalue weighted by molar-refractivity contribution is 5.81. The zero-order valence-electron chi connectivity index (χ0n) is 17.7. The number of hydrogen-bond donors (Lipinski definition) is 2. The van der Waals surface area contributed by atoms with E-state index in [0.717, 1.165) is 49.2 Å². The molecule has 0 radical (unpaired) electrons. The summed E-state index contributed by atoms with van der Waals surface area (Å²) in [7, 11) is 0. The van der Waals surface area contributed by atoms with E-state index >= 15 is 0 Å². The van der Waals surface area contributed by atoms with Gasteiger partial charge in [-0.3, -0.25) is 9.36 Å². The van der Waals surface area contributed by atoms with Gasteiger partial charge in [0.1, 0.15) is 11.6 Å². The normalized spacial score (nSPS) is 17.1. The highest BCUT2D eigenvalue weighted by Crippen LogP contribution is 2.13. The quantitative estimate of drug-likeness (QED) is 0.574. The van der Waals surface area contributed by atoms with Crippen molar-refractivity contribution < 1.29 is 4.79 Å². The zero-order valence-corrected chi connectivity index (χ0v) is 17.7. The second-order valence-electron chi connectivity index (χ2n) is 7.63. The first-order valence-corrected chi connectivity index (χ1v) is 10.3. The molecule has 0 saturated carbocycles. The molecule has 0 aliphatic carbocycles. The van der Waals surface area contributed by atoms with E-state index in [9.17, 15) is 4.79 Å². The molecular formula is C21H31N7O. The average molecular weight is 398 g/mol. The lowest BCUT2D eigenvalue weighted by molar-refractivity contribution is -0.133. The third-order valence-corrected chi connectivity index (χ3v) is 4.98. The monoisotopic (exact) mass is 397 g/mol. The number of rotatable bonds is 6. The fourth-order valence-corrected chi connectivity index (χ4v) is 3.40. The largest absolute Gasteiger partial charge is 0.357 e. The first kappa shape index (κ1) is 20.8. The molecule has 156 valence electrons. The molecule has 1 atom stereocenters. The minimum atomic E-state index is 0.0391. The smallest absolute Gasteiger partial charge is 0.225 e. The van der Waals surface area contributed by atoms with Crippen molar-refractivity contribution in [3.05, 3.63) is 42.1 Å². The van der Waals surface area contributed by atoms with E-state index in [2.05, 4.69) is 20.6 Å². The van der Waals surface area contributed by atoms with Gasteiger partial charge in [0.25, 0.3) is 0 Å². The van der Waals surface area contributed by atoms with Gasteiger partial charge in [0.2, 0.25) is 5.91 Å². The van der Waals surface area contributed by atoms with Crippen molar-refractivity contribution in [1.82, 2.24) is 30.1 Å². The standard InChI is InChI=1S/C21H31N7O/c1-5-22-21(26-18-8-10-27(14-18)20(29)15(2)3)25-13-17-6-7-19(24-12-17)28-11-9-23-16(28)4/h6-7,9,11-12,15,18H,5,8,10,13-14H2,1-4H3,(H2,22,25,26). The maximum absolute atomic E-state index is 12.2. The first-order chi connectivity index (χ1) is 14.0. The molecule has 2 N–H and O–H groups in total. The second kappa shape index (κ2) is 9.54. The topological polar surface area (TPSA) is 87.4 Å². The Morgan fingerprint density at radius 2 is 2.17 bits per heavy atom. The fraction of sp³-hybridized carbons (Fsp3) is 0.524. The molecule has 1 fully saturated rings. The van der Waals surface area contributed by atoms with Crippen LogP contribution in [-0.4, -0.2) is 57.0 Å². The Kier molecular flexibility index (Phi) is 6.85. The lowest BCUT2D eigenvalue weighted by atomic mass is 10.2. The van der Waals surface area contributed by atoms with Crippen molar-refractivity contribution in [2.45, 2.75) is 46.7 Å². The Labute approximate surface area is 172 Å². The van der Waals surface area contributed by atoms with Crippen LogP contribution in [0.3, 0.4) is 0 Å². The number of nitrogens with one attached hydrogen (secondary N) is 2. The number of guanidine groups is 1. The average Bonchev–Trinajstić information content (AvgIpc) is 3.35. The summed E-state index contributed by atoms with van der Waals surface area (Å²) in [5, 5.41) is 6.75. The maximum atomic E-state index is 12.2. The number of amides is 1. The van der Waals surface area contributed by atoms with E-state index in [4.69, 9.17) is 4.99 Å². The Bertz CT molecular complexity index is 841. The van der Waals surface area contributed by atoms with Gasteiger partial charge in [-0.15, -0.1) is 0 Å². The molecule has 0 bridgehead atoms. The van der Waals surface area contributed by atoms with Crippen LogP contribution in [0.15, 0.2) is 35.7 Å². The van der Waals surface area contributed by atoms with Gasteiger partial charge >= 0.3 is 0 Å². The Morgan fingerprint density at radius 1 is 1.34 bits per heavy atom. The van der Waals surface area contributed by atoms with Gasteiger partial charge in [-0.1, -0.05) is 19.9 Å². The highest BCUT2D eigenvalue weighted by atomic mass is 16.2. The van der Waals surface area contributed by atoms with Crippen LogP contribution in [0, 0.1) is 12.8 Å². The number of aryl methyl sites for hydroxylation is 1. The molecule has 2 aromatic rings. The maximum Gasteiger partial charge on any atom is 0.225 e. The number of pyridine rings is 1. The lowest BCUT2D eigenvalue weighted by Gasteiger charge is -2.20. The molecule has 0 aromatic carbocycles. The lowest BCUT2D eigenvalue weighted by Crippen LogP contribution is -2.45. The second-order valence-corrected chi connectivity index (χ2v) is 7.63. The minimum absolute atomic E-state index is 0.0391. The van der Waals surface area contributed by atoms with Gasteiger partial charge in [-0.05, 0) is 31.9 Å². The number of likely N-dealkylation sites (tertiary alicyclic amines) is 1. The van der Waals surface area contributed by atoms with Crippen LogP contribution in [0.1, 0.15) is 38.6 Å². The summed E-state index contributed by atoms with van der Waals surface area (Å²) in [5.74, 6) is 2.78. The van der Waals surface area contributed by atoms with Gasteiger partial charge < -0.3 is 15.5 Å². The van der Waals surface area contributed by atoms with E-state index in [1.54, 1.807) is 6.20 Å². The third-order valence-electron chi connectivity index (χ3n) is 4.98. The number of hydrogen-bond acceptors (Lipinski definition) is 4. The van der Waals surface area contributed by atoms with Crippen molar-refractivity contribution in [3.8, 4) is 5.82 Å². The van der Waals surface area contributed by atoms with Crippen LogP contribution in [0.4, 0.5) is 0 Å². The molecule has 29 heavy (non-hydrogen) atoms. The van der Waals surface area contributed by atoms with Crippen molar-refractivity contribution in [2.24, 2.45) is 10.9 Å². The predicted molar refractivity (Wildman–Crippen MR) is 114 cm³/mol. The van der Waals surface area contributed by atoms with E-state index < -0.39 is 0 Å². The molecule has 1 aliphatic heterocycles. The summed E-state index contributed by atoms with van der Waals surface area (Å²) in [4.78, 5) is 27.6. The fourth-order valence-electron chi connectivity index (χ4n) is 3.40. The summed E-state index contributed by atoms with van der Waals surface area (Å²) in [6, 6.07) is 4.24. The number of aliphatic imine (C=N–C) groups is 1. The van der Waals surface area contributed by atoms with Crippen molar-refractivity contribution in [1.29, 1.82) is 0 Å². The predicted octanol–water partition coefficient (Wildman–Crippen LogP) is 1.89. The van der Waals surface area contributed by atoms with Crippen molar-refractivity contribution >= 4 is 11.9 Å². The van der Waals surface area contributed by atoms with E-state index in [1.165, 1.54) is 0 Å². The molecule has 8 heteroatoms. The van der Waals surface area contributed by atoms with Crippen molar-refractivity contribution in [2.75, 3.05) is 19.6 Å². The summed E-state index contributed by atoms with van der Waals surface area (Å²) in [6.07, 6.45) is 6.45.